The molecule has 0 N–H and O–H groups in total. The zero-order chi connectivity index (χ0) is 13.0. The highest BCUT2D eigenvalue weighted by atomic mass is 35.5. The lowest BCUT2D eigenvalue weighted by Crippen LogP contribution is -1.95. The molecule has 0 aliphatic carbocycles. The number of hydrogen-bond donors (Lipinski definition) is 0. The number of halogens is 2. The molecule has 0 fully saturated rings. The van der Waals surface area contributed by atoms with Gasteiger partial charge in [-0.2, -0.15) is 9.37 Å². The van der Waals surface area contributed by atoms with Gasteiger partial charge >= 0.3 is 0 Å². The Labute approximate surface area is 108 Å². The third-order valence-corrected chi connectivity index (χ3v) is 2.21. The first-order valence-corrected chi connectivity index (χ1v) is 5.65. The van der Waals surface area contributed by atoms with Gasteiger partial charge in [0, 0.05) is 0 Å². The molecular formula is C12H10ClFN2O2. The molecule has 0 atom stereocenters. The third kappa shape index (κ3) is 3.07. The van der Waals surface area contributed by atoms with Gasteiger partial charge in [-0.15, -0.1) is 0 Å². The van der Waals surface area contributed by atoms with Gasteiger partial charge in [0.15, 0.2) is 0 Å². The lowest BCUT2D eigenvalue weighted by molar-refractivity contribution is 0.339. The molecule has 1 aromatic carbocycles. The molecular weight excluding hydrogens is 259 g/mol. The van der Waals surface area contributed by atoms with E-state index in [4.69, 9.17) is 21.1 Å². The molecule has 1 aromatic heterocycles. The molecule has 4 nitrogen and oxygen atoms in total. The van der Waals surface area contributed by atoms with Crippen molar-refractivity contribution in [3.8, 4) is 17.4 Å². The van der Waals surface area contributed by atoms with Gasteiger partial charge in [0.25, 0.3) is 5.88 Å². The van der Waals surface area contributed by atoms with Crippen LogP contribution < -0.4 is 9.47 Å². The standard InChI is InChI=1S/C12H10ClFN2O2/c1-2-17-8-3-5-9(6-4-8)18-11-10(14)7-15-12(13)16-11/h3-7H,2H2,1H3. The van der Waals surface area contributed by atoms with Gasteiger partial charge in [-0.1, -0.05) is 0 Å². The van der Waals surface area contributed by atoms with E-state index < -0.39 is 5.82 Å². The van der Waals surface area contributed by atoms with Crippen LogP contribution in [0.5, 0.6) is 17.4 Å². The van der Waals surface area contributed by atoms with E-state index in [1.54, 1.807) is 24.3 Å². The Morgan fingerprint density at radius 3 is 2.56 bits per heavy atom. The lowest BCUT2D eigenvalue weighted by atomic mass is 10.3. The molecule has 94 valence electrons. The van der Waals surface area contributed by atoms with E-state index in [0.29, 0.717) is 18.1 Å². The number of hydrogen-bond acceptors (Lipinski definition) is 4. The van der Waals surface area contributed by atoms with E-state index >= 15 is 0 Å². The molecule has 0 amide bonds. The van der Waals surface area contributed by atoms with Crippen LogP contribution in [-0.2, 0) is 0 Å². The summed E-state index contributed by atoms with van der Waals surface area (Å²) in [5.41, 5.74) is 0. The Balaban J connectivity index is 2.15. The minimum atomic E-state index is -0.673. The predicted octanol–water partition coefficient (Wildman–Crippen LogP) is 3.46. The molecule has 0 radical (unpaired) electrons. The van der Waals surface area contributed by atoms with E-state index in [1.807, 2.05) is 6.92 Å². The molecule has 0 spiro atoms. The molecule has 1 heterocycles. The Morgan fingerprint density at radius 1 is 1.22 bits per heavy atom. The molecule has 2 aromatic rings. The van der Waals surface area contributed by atoms with Crippen molar-refractivity contribution in [1.82, 2.24) is 9.97 Å². The monoisotopic (exact) mass is 268 g/mol. The molecule has 0 bridgehead atoms. The van der Waals surface area contributed by atoms with E-state index in [9.17, 15) is 4.39 Å². The normalized spacial score (nSPS) is 10.2. The fourth-order valence-corrected chi connectivity index (χ4v) is 1.41. The summed E-state index contributed by atoms with van der Waals surface area (Å²) in [4.78, 5) is 7.15. The average Bonchev–Trinajstić information content (AvgIpc) is 2.37. The first-order valence-electron chi connectivity index (χ1n) is 5.28. The van der Waals surface area contributed by atoms with Gasteiger partial charge in [0.05, 0.1) is 12.8 Å². The fraction of sp³-hybridized carbons (Fsp3) is 0.167. The van der Waals surface area contributed by atoms with Crippen LogP contribution in [0, 0.1) is 5.82 Å². The summed E-state index contributed by atoms with van der Waals surface area (Å²) in [7, 11) is 0. The van der Waals surface area contributed by atoms with Crippen LogP contribution in [0.25, 0.3) is 0 Å². The average molecular weight is 269 g/mol. The van der Waals surface area contributed by atoms with E-state index in [-0.39, 0.29) is 11.2 Å². The van der Waals surface area contributed by atoms with Gasteiger partial charge in [0.2, 0.25) is 11.1 Å². The number of nitrogens with zero attached hydrogens (tertiary/aromatic N) is 2. The molecule has 2 rings (SSSR count). The molecule has 18 heavy (non-hydrogen) atoms. The maximum atomic E-state index is 13.3. The Kier molecular flexibility index (Phi) is 3.94. The molecule has 0 saturated heterocycles. The number of ether oxygens (including phenoxy) is 2. The van der Waals surface area contributed by atoms with Crippen molar-refractivity contribution in [2.24, 2.45) is 0 Å². The van der Waals surface area contributed by atoms with Crippen molar-refractivity contribution in [2.45, 2.75) is 6.92 Å². The first kappa shape index (κ1) is 12.6. The highest BCUT2D eigenvalue weighted by Crippen LogP contribution is 2.24. The van der Waals surface area contributed by atoms with Gasteiger partial charge in [-0.3, -0.25) is 0 Å². The number of rotatable bonds is 4. The molecule has 0 aliphatic heterocycles. The topological polar surface area (TPSA) is 44.2 Å². The molecule has 6 heteroatoms. The smallest absolute Gasteiger partial charge is 0.260 e. The van der Waals surface area contributed by atoms with Crippen molar-refractivity contribution < 1.29 is 13.9 Å². The quantitative estimate of drug-likeness (QED) is 0.797. The summed E-state index contributed by atoms with van der Waals surface area (Å²) in [6.45, 7) is 2.47. The Bertz CT molecular complexity index is 534. The fourth-order valence-electron chi connectivity index (χ4n) is 1.29. The number of aromatic nitrogens is 2. The van der Waals surface area contributed by atoms with Gasteiger partial charge in [0.1, 0.15) is 11.5 Å². The third-order valence-electron chi connectivity index (χ3n) is 2.03. The van der Waals surface area contributed by atoms with E-state index in [2.05, 4.69) is 9.97 Å². The van der Waals surface area contributed by atoms with Crippen LogP contribution >= 0.6 is 11.6 Å². The summed E-state index contributed by atoms with van der Waals surface area (Å²) in [6.07, 6.45) is 0.958. The van der Waals surface area contributed by atoms with Gasteiger partial charge < -0.3 is 9.47 Å². The zero-order valence-electron chi connectivity index (χ0n) is 9.56. The van der Waals surface area contributed by atoms with E-state index in [0.717, 1.165) is 6.20 Å². The predicted molar refractivity (Wildman–Crippen MR) is 64.7 cm³/mol. The summed E-state index contributed by atoms with van der Waals surface area (Å²) in [6, 6.07) is 6.75. The SMILES string of the molecule is CCOc1ccc(Oc2nc(Cl)ncc2F)cc1. The lowest BCUT2D eigenvalue weighted by Gasteiger charge is -2.07. The van der Waals surface area contributed by atoms with Gasteiger partial charge in [-0.05, 0) is 42.8 Å². The summed E-state index contributed by atoms with van der Waals surface area (Å²) >= 11 is 5.56. The number of benzene rings is 1. The zero-order valence-corrected chi connectivity index (χ0v) is 10.3. The summed E-state index contributed by atoms with van der Waals surface area (Å²) in [5, 5.41) is -0.0719. The molecule has 0 saturated carbocycles. The van der Waals surface area contributed by atoms with Crippen molar-refractivity contribution in [3.05, 3.63) is 41.6 Å². The van der Waals surface area contributed by atoms with Crippen LogP contribution in [0.15, 0.2) is 30.5 Å². The maximum Gasteiger partial charge on any atom is 0.260 e. The first-order chi connectivity index (χ1) is 8.69. The second-order valence-corrected chi connectivity index (χ2v) is 3.64. The Morgan fingerprint density at radius 2 is 1.89 bits per heavy atom. The highest BCUT2D eigenvalue weighted by Gasteiger charge is 2.08. The van der Waals surface area contributed by atoms with Crippen molar-refractivity contribution in [2.75, 3.05) is 6.61 Å². The maximum absolute atomic E-state index is 13.3. The van der Waals surface area contributed by atoms with Crippen LogP contribution in [-0.4, -0.2) is 16.6 Å². The van der Waals surface area contributed by atoms with Crippen molar-refractivity contribution >= 4 is 11.6 Å². The minimum absolute atomic E-state index is 0.0719. The van der Waals surface area contributed by atoms with Crippen LogP contribution in [0.3, 0.4) is 0 Å². The van der Waals surface area contributed by atoms with Crippen LogP contribution in [0.2, 0.25) is 5.28 Å². The summed E-state index contributed by atoms with van der Waals surface area (Å²) < 4.78 is 23.9. The second-order valence-electron chi connectivity index (χ2n) is 3.30. The highest BCUT2D eigenvalue weighted by molar-refractivity contribution is 6.28. The minimum Gasteiger partial charge on any atom is -0.494 e. The van der Waals surface area contributed by atoms with Crippen LogP contribution in [0.4, 0.5) is 4.39 Å². The molecule has 0 unspecified atom stereocenters. The van der Waals surface area contributed by atoms with E-state index in [1.165, 1.54) is 0 Å². The van der Waals surface area contributed by atoms with Gasteiger partial charge in [-0.25, -0.2) is 4.98 Å². The summed E-state index contributed by atoms with van der Waals surface area (Å²) in [5.74, 6) is 0.269. The molecule has 0 aliphatic rings. The largest absolute Gasteiger partial charge is 0.494 e. The van der Waals surface area contributed by atoms with Crippen molar-refractivity contribution in [3.63, 3.8) is 0 Å². The second kappa shape index (κ2) is 5.64. The van der Waals surface area contributed by atoms with Crippen LogP contribution in [0.1, 0.15) is 6.92 Å². The van der Waals surface area contributed by atoms with Crippen molar-refractivity contribution in [1.29, 1.82) is 0 Å². The Hall–Kier alpha value is -1.88.